The Morgan fingerprint density at radius 2 is 2.09 bits per heavy atom. The van der Waals surface area contributed by atoms with Crippen LogP contribution in [0.1, 0.15) is 31.2 Å². The highest BCUT2D eigenvalue weighted by Gasteiger charge is 2.18. The molecule has 0 aliphatic heterocycles. The number of aliphatic imine (C=N–C) groups is 1. The Morgan fingerprint density at radius 1 is 1.32 bits per heavy atom. The van der Waals surface area contributed by atoms with Crippen LogP contribution in [-0.2, 0) is 6.54 Å². The van der Waals surface area contributed by atoms with Crippen molar-refractivity contribution >= 4 is 5.96 Å². The lowest BCUT2D eigenvalue weighted by molar-refractivity contribution is 0.249. The summed E-state index contributed by atoms with van der Waals surface area (Å²) in [5, 5.41) is 6.52. The molecule has 1 aromatic rings. The number of halogens is 1. The molecule has 0 unspecified atom stereocenters. The fraction of sp³-hybridized carbons (Fsp3) is 0.588. The third kappa shape index (κ3) is 5.30. The zero-order valence-corrected chi connectivity index (χ0v) is 13.6. The summed E-state index contributed by atoms with van der Waals surface area (Å²) >= 11 is 0. The van der Waals surface area contributed by atoms with Crippen molar-refractivity contribution in [1.29, 1.82) is 0 Å². The largest absolute Gasteiger partial charge is 0.355 e. The van der Waals surface area contributed by atoms with E-state index in [2.05, 4.69) is 27.6 Å². The molecule has 122 valence electrons. The number of guanidine groups is 1. The maximum atomic E-state index is 13.1. The number of nitrogens with one attached hydrogen (secondary N) is 2. The molecular formula is C17H27FN4. The van der Waals surface area contributed by atoms with Crippen molar-refractivity contribution in [3.63, 3.8) is 0 Å². The summed E-state index contributed by atoms with van der Waals surface area (Å²) in [5.74, 6) is 0.546. The number of likely N-dealkylation sites (N-methyl/N-ethyl adjacent to an activating group) is 1. The zero-order chi connectivity index (χ0) is 15.8. The average molecular weight is 306 g/mol. The van der Waals surface area contributed by atoms with Gasteiger partial charge in [-0.15, -0.1) is 0 Å². The normalized spacial score (nSPS) is 16.3. The Bertz CT molecular complexity index is 483. The van der Waals surface area contributed by atoms with E-state index < -0.39 is 0 Å². The van der Waals surface area contributed by atoms with Crippen LogP contribution in [0.15, 0.2) is 29.3 Å². The monoisotopic (exact) mass is 306 g/mol. The van der Waals surface area contributed by atoms with Crippen LogP contribution < -0.4 is 10.6 Å². The van der Waals surface area contributed by atoms with E-state index in [1.807, 2.05) is 6.07 Å². The van der Waals surface area contributed by atoms with Crippen LogP contribution in [0, 0.1) is 5.82 Å². The van der Waals surface area contributed by atoms with E-state index in [9.17, 15) is 4.39 Å². The molecule has 2 rings (SSSR count). The van der Waals surface area contributed by atoms with E-state index in [1.165, 1.54) is 37.8 Å². The highest BCUT2D eigenvalue weighted by molar-refractivity contribution is 5.79. The Labute approximate surface area is 132 Å². The van der Waals surface area contributed by atoms with Gasteiger partial charge in [0.05, 0.1) is 0 Å². The van der Waals surface area contributed by atoms with Crippen LogP contribution in [0.5, 0.6) is 0 Å². The topological polar surface area (TPSA) is 39.7 Å². The minimum atomic E-state index is -0.208. The predicted molar refractivity (Wildman–Crippen MR) is 89.5 cm³/mol. The van der Waals surface area contributed by atoms with E-state index in [4.69, 9.17) is 0 Å². The number of rotatable bonds is 6. The Morgan fingerprint density at radius 3 is 2.77 bits per heavy atom. The van der Waals surface area contributed by atoms with Crippen LogP contribution in [-0.4, -0.2) is 44.1 Å². The zero-order valence-electron chi connectivity index (χ0n) is 13.6. The molecule has 1 fully saturated rings. The summed E-state index contributed by atoms with van der Waals surface area (Å²) in [7, 11) is 3.95. The Balaban J connectivity index is 1.68. The van der Waals surface area contributed by atoms with Crippen molar-refractivity contribution in [2.45, 2.75) is 38.3 Å². The number of hydrogen-bond acceptors (Lipinski definition) is 2. The third-order valence-electron chi connectivity index (χ3n) is 4.28. The standard InChI is InChI=1S/C17H27FN4/c1-19-17(21-13-14-6-5-7-15(18)12-14)20-10-11-22(2)16-8-3-4-9-16/h5-7,12,16H,3-4,8-11,13H2,1-2H3,(H2,19,20,21). The Kier molecular flexibility index (Phi) is 6.65. The van der Waals surface area contributed by atoms with Gasteiger partial charge in [-0.3, -0.25) is 4.99 Å². The van der Waals surface area contributed by atoms with Crippen molar-refractivity contribution in [3.8, 4) is 0 Å². The highest BCUT2D eigenvalue weighted by Crippen LogP contribution is 2.21. The number of hydrogen-bond donors (Lipinski definition) is 2. The lowest BCUT2D eigenvalue weighted by Gasteiger charge is -2.24. The molecule has 1 aromatic carbocycles. The maximum absolute atomic E-state index is 13.1. The van der Waals surface area contributed by atoms with Crippen LogP contribution >= 0.6 is 0 Å². The first-order valence-corrected chi connectivity index (χ1v) is 8.08. The van der Waals surface area contributed by atoms with Crippen molar-refractivity contribution in [1.82, 2.24) is 15.5 Å². The number of nitrogens with zero attached hydrogens (tertiary/aromatic N) is 2. The van der Waals surface area contributed by atoms with E-state index in [0.29, 0.717) is 6.54 Å². The molecule has 0 radical (unpaired) electrons. The van der Waals surface area contributed by atoms with Gasteiger partial charge in [-0.2, -0.15) is 0 Å². The Hall–Kier alpha value is -1.62. The van der Waals surface area contributed by atoms with E-state index >= 15 is 0 Å². The van der Waals surface area contributed by atoms with Gasteiger partial charge in [-0.1, -0.05) is 25.0 Å². The van der Waals surface area contributed by atoms with Crippen LogP contribution in [0.3, 0.4) is 0 Å². The molecule has 1 saturated carbocycles. The molecular weight excluding hydrogens is 279 g/mol. The van der Waals surface area contributed by atoms with E-state index in [-0.39, 0.29) is 5.82 Å². The van der Waals surface area contributed by atoms with Gasteiger partial charge in [-0.05, 0) is 37.6 Å². The molecule has 0 saturated heterocycles. The summed E-state index contributed by atoms with van der Waals surface area (Å²) in [4.78, 5) is 6.63. The predicted octanol–water partition coefficient (Wildman–Crippen LogP) is 2.37. The van der Waals surface area contributed by atoms with Gasteiger partial charge in [0.2, 0.25) is 0 Å². The molecule has 5 heteroatoms. The molecule has 1 aliphatic carbocycles. The molecule has 0 amide bonds. The molecule has 0 aromatic heterocycles. The van der Waals surface area contributed by atoms with Gasteiger partial charge in [-0.25, -0.2) is 4.39 Å². The summed E-state index contributed by atoms with van der Waals surface area (Å²) in [6.07, 6.45) is 5.37. The van der Waals surface area contributed by atoms with Crippen molar-refractivity contribution in [3.05, 3.63) is 35.6 Å². The second-order valence-corrected chi connectivity index (χ2v) is 5.90. The molecule has 1 aliphatic rings. The van der Waals surface area contributed by atoms with E-state index in [0.717, 1.165) is 30.7 Å². The minimum Gasteiger partial charge on any atom is -0.355 e. The molecule has 2 N–H and O–H groups in total. The first kappa shape index (κ1) is 16.7. The summed E-state index contributed by atoms with van der Waals surface area (Å²) in [5.41, 5.74) is 0.908. The summed E-state index contributed by atoms with van der Waals surface area (Å²) in [6, 6.07) is 7.35. The molecule has 0 heterocycles. The average Bonchev–Trinajstić information content (AvgIpc) is 3.05. The van der Waals surface area contributed by atoms with Gasteiger partial charge in [0.1, 0.15) is 5.82 Å². The third-order valence-corrected chi connectivity index (χ3v) is 4.28. The fourth-order valence-corrected chi connectivity index (χ4v) is 2.93. The SMILES string of the molecule is CN=C(NCCN(C)C1CCCC1)NCc1cccc(F)c1. The van der Waals surface area contributed by atoms with Crippen molar-refractivity contribution < 1.29 is 4.39 Å². The van der Waals surface area contributed by atoms with Crippen molar-refractivity contribution in [2.24, 2.45) is 4.99 Å². The lowest BCUT2D eigenvalue weighted by atomic mass is 10.2. The first-order chi connectivity index (χ1) is 10.7. The molecule has 0 atom stereocenters. The minimum absolute atomic E-state index is 0.208. The molecule has 0 bridgehead atoms. The van der Waals surface area contributed by atoms with E-state index in [1.54, 1.807) is 13.1 Å². The number of benzene rings is 1. The van der Waals surface area contributed by atoms with Gasteiger partial charge in [0.15, 0.2) is 5.96 Å². The van der Waals surface area contributed by atoms with Crippen LogP contribution in [0.4, 0.5) is 4.39 Å². The van der Waals surface area contributed by atoms with Gasteiger partial charge >= 0.3 is 0 Å². The quantitative estimate of drug-likeness (QED) is 0.626. The van der Waals surface area contributed by atoms with Crippen molar-refractivity contribution in [2.75, 3.05) is 27.2 Å². The molecule has 22 heavy (non-hydrogen) atoms. The van der Waals surface area contributed by atoms with Crippen LogP contribution in [0.25, 0.3) is 0 Å². The maximum Gasteiger partial charge on any atom is 0.191 e. The summed E-state index contributed by atoms with van der Waals surface area (Å²) in [6.45, 7) is 2.43. The lowest BCUT2D eigenvalue weighted by Crippen LogP contribution is -2.42. The summed E-state index contributed by atoms with van der Waals surface area (Å²) < 4.78 is 13.1. The second-order valence-electron chi connectivity index (χ2n) is 5.90. The van der Waals surface area contributed by atoms with Crippen LogP contribution in [0.2, 0.25) is 0 Å². The second kappa shape index (κ2) is 8.73. The van der Waals surface area contributed by atoms with Gasteiger partial charge < -0.3 is 15.5 Å². The molecule has 0 spiro atoms. The smallest absolute Gasteiger partial charge is 0.191 e. The van der Waals surface area contributed by atoms with Gasteiger partial charge in [0, 0.05) is 32.7 Å². The van der Waals surface area contributed by atoms with Gasteiger partial charge in [0.25, 0.3) is 0 Å². The highest BCUT2D eigenvalue weighted by atomic mass is 19.1. The first-order valence-electron chi connectivity index (χ1n) is 8.08. The fourth-order valence-electron chi connectivity index (χ4n) is 2.93. The molecule has 4 nitrogen and oxygen atoms in total.